The minimum absolute atomic E-state index is 0. The number of aliphatic imine (C=N–C) groups is 1. The van der Waals surface area contributed by atoms with E-state index in [-0.39, 0.29) is 24.0 Å². The van der Waals surface area contributed by atoms with Gasteiger partial charge in [-0.05, 0) is 37.5 Å². The highest BCUT2D eigenvalue weighted by molar-refractivity contribution is 14.0. The number of ether oxygens (including phenoxy) is 3. The summed E-state index contributed by atoms with van der Waals surface area (Å²) in [5, 5.41) is 3.38. The van der Waals surface area contributed by atoms with Crippen LogP contribution in [0.1, 0.15) is 25.3 Å². The Kier molecular flexibility index (Phi) is 9.20. The van der Waals surface area contributed by atoms with E-state index in [9.17, 15) is 0 Å². The van der Waals surface area contributed by atoms with Crippen LogP contribution in [0.25, 0.3) is 0 Å². The van der Waals surface area contributed by atoms with Crippen LogP contribution >= 0.6 is 24.0 Å². The third-order valence-electron chi connectivity index (χ3n) is 4.47. The first-order valence-corrected chi connectivity index (χ1v) is 9.40. The Balaban J connectivity index is 0.00000261. The predicted octanol–water partition coefficient (Wildman–Crippen LogP) is 3.21. The van der Waals surface area contributed by atoms with Crippen LogP contribution in [-0.2, 0) is 11.3 Å². The van der Waals surface area contributed by atoms with Gasteiger partial charge in [0.1, 0.15) is 13.2 Å². The second-order valence-electron chi connectivity index (χ2n) is 6.51. The molecule has 0 bridgehead atoms. The highest BCUT2D eigenvalue weighted by Gasteiger charge is 2.13. The highest BCUT2D eigenvalue weighted by Crippen LogP contribution is 2.31. The molecule has 1 N–H and O–H groups in total. The molecule has 0 unspecified atom stereocenters. The van der Waals surface area contributed by atoms with Gasteiger partial charge < -0.3 is 24.4 Å². The molecule has 6 nitrogen and oxygen atoms in total. The number of fused-ring (bicyclic) bond motifs is 1. The van der Waals surface area contributed by atoms with E-state index < -0.39 is 0 Å². The molecule has 0 aliphatic carbocycles. The summed E-state index contributed by atoms with van der Waals surface area (Å²) >= 11 is 0. The van der Waals surface area contributed by atoms with Crippen molar-refractivity contribution in [2.45, 2.75) is 26.3 Å². The molecule has 150 valence electrons. The quantitative estimate of drug-likeness (QED) is 0.289. The highest BCUT2D eigenvalue weighted by atomic mass is 127. The van der Waals surface area contributed by atoms with Crippen molar-refractivity contribution in [2.24, 2.45) is 4.99 Å². The van der Waals surface area contributed by atoms with Crippen LogP contribution in [0.4, 0.5) is 0 Å². The Labute approximate surface area is 179 Å². The zero-order valence-corrected chi connectivity index (χ0v) is 18.5. The first-order chi connectivity index (χ1) is 12.8. The van der Waals surface area contributed by atoms with E-state index in [1.54, 1.807) is 0 Å². The molecule has 2 aliphatic rings. The summed E-state index contributed by atoms with van der Waals surface area (Å²) in [6.45, 7) is 7.29. The molecular weight excluding hydrogens is 457 g/mol. The molecule has 0 atom stereocenters. The summed E-state index contributed by atoms with van der Waals surface area (Å²) in [5.74, 6) is 2.58. The van der Waals surface area contributed by atoms with Gasteiger partial charge in [-0.25, -0.2) is 0 Å². The Bertz CT molecular complexity index is 664. The number of nitrogens with one attached hydrogen (secondary N) is 1. The summed E-state index contributed by atoms with van der Waals surface area (Å²) in [5.41, 5.74) is 2.62. The topological polar surface area (TPSA) is 55.3 Å². The Morgan fingerprint density at radius 3 is 2.74 bits per heavy atom. The molecule has 2 heterocycles. The van der Waals surface area contributed by atoms with Crippen LogP contribution in [0.3, 0.4) is 0 Å². The number of guanidine groups is 1. The molecule has 0 aromatic heterocycles. The monoisotopic (exact) mass is 487 g/mol. The zero-order chi connectivity index (χ0) is 18.2. The van der Waals surface area contributed by atoms with Gasteiger partial charge in [-0.3, -0.25) is 4.99 Å². The van der Waals surface area contributed by atoms with Crippen molar-refractivity contribution in [1.29, 1.82) is 0 Å². The fourth-order valence-corrected chi connectivity index (χ4v) is 3.10. The second-order valence-corrected chi connectivity index (χ2v) is 6.51. The molecular formula is C20H30IN3O3. The van der Waals surface area contributed by atoms with Crippen LogP contribution in [-0.4, -0.2) is 57.4 Å². The number of benzene rings is 1. The maximum atomic E-state index is 5.68. The number of hydrogen-bond acceptors (Lipinski definition) is 4. The van der Waals surface area contributed by atoms with E-state index in [0.29, 0.717) is 13.2 Å². The van der Waals surface area contributed by atoms with E-state index in [1.807, 2.05) is 6.07 Å². The molecule has 0 amide bonds. The fourth-order valence-electron chi connectivity index (χ4n) is 3.10. The van der Waals surface area contributed by atoms with Gasteiger partial charge in [-0.1, -0.05) is 17.7 Å². The van der Waals surface area contributed by atoms with Crippen molar-refractivity contribution in [3.63, 3.8) is 0 Å². The molecule has 2 aliphatic heterocycles. The normalized spacial score (nSPS) is 16.2. The van der Waals surface area contributed by atoms with Crippen LogP contribution in [0, 0.1) is 0 Å². The molecule has 7 heteroatoms. The summed E-state index contributed by atoms with van der Waals surface area (Å²) < 4.78 is 16.6. The lowest BCUT2D eigenvalue weighted by atomic mass is 10.1. The van der Waals surface area contributed by atoms with E-state index >= 15 is 0 Å². The lowest BCUT2D eigenvalue weighted by Crippen LogP contribution is -2.38. The van der Waals surface area contributed by atoms with Gasteiger partial charge >= 0.3 is 0 Å². The van der Waals surface area contributed by atoms with Crippen LogP contribution in [0.5, 0.6) is 11.5 Å². The maximum absolute atomic E-state index is 5.68. The molecule has 0 spiro atoms. The van der Waals surface area contributed by atoms with Gasteiger partial charge in [-0.15, -0.1) is 24.0 Å². The number of nitrogens with zero attached hydrogens (tertiary/aromatic N) is 2. The maximum Gasteiger partial charge on any atom is 0.193 e. The van der Waals surface area contributed by atoms with Gasteiger partial charge in [0.2, 0.25) is 0 Å². The standard InChI is InChI=1S/C20H29N3O3.HI/c1-3-21-20(22-9-6-16-7-10-24-11-8-16)23(2)15-17-4-5-18-19(14-17)26-13-12-25-18;/h4-5,7,14H,3,6,8-13,15H2,1-2H3,(H,21,22);1H. The van der Waals surface area contributed by atoms with Crippen molar-refractivity contribution in [2.75, 3.05) is 46.6 Å². The second kappa shape index (κ2) is 11.4. The molecule has 3 rings (SSSR count). The van der Waals surface area contributed by atoms with Crippen LogP contribution in [0.15, 0.2) is 34.8 Å². The Hall–Kier alpha value is -1.48. The van der Waals surface area contributed by atoms with E-state index in [2.05, 4.69) is 42.4 Å². The third kappa shape index (κ3) is 6.57. The molecule has 0 radical (unpaired) electrons. The minimum Gasteiger partial charge on any atom is -0.486 e. The van der Waals surface area contributed by atoms with Gasteiger partial charge in [0.25, 0.3) is 0 Å². The third-order valence-corrected chi connectivity index (χ3v) is 4.47. The number of halogens is 1. The smallest absolute Gasteiger partial charge is 0.193 e. The number of hydrogen-bond donors (Lipinski definition) is 1. The van der Waals surface area contributed by atoms with Gasteiger partial charge in [0, 0.05) is 26.7 Å². The van der Waals surface area contributed by atoms with Crippen LogP contribution < -0.4 is 14.8 Å². The van der Waals surface area contributed by atoms with Gasteiger partial charge in [0.15, 0.2) is 17.5 Å². The van der Waals surface area contributed by atoms with Crippen molar-refractivity contribution >= 4 is 29.9 Å². The molecule has 0 fully saturated rings. The van der Waals surface area contributed by atoms with E-state index in [0.717, 1.165) is 63.1 Å². The lowest BCUT2D eigenvalue weighted by Gasteiger charge is -2.24. The summed E-state index contributed by atoms with van der Waals surface area (Å²) in [7, 11) is 2.06. The zero-order valence-electron chi connectivity index (χ0n) is 16.2. The molecule has 1 aromatic carbocycles. The van der Waals surface area contributed by atoms with Gasteiger partial charge in [-0.2, -0.15) is 0 Å². The molecule has 0 saturated carbocycles. The fraction of sp³-hybridized carbons (Fsp3) is 0.550. The van der Waals surface area contributed by atoms with Crippen molar-refractivity contribution < 1.29 is 14.2 Å². The van der Waals surface area contributed by atoms with Gasteiger partial charge in [0.05, 0.1) is 13.2 Å². The summed E-state index contributed by atoms with van der Waals surface area (Å²) in [4.78, 5) is 6.93. The van der Waals surface area contributed by atoms with Crippen LogP contribution in [0.2, 0.25) is 0 Å². The SMILES string of the molecule is CCNC(=NCCC1=CCOCC1)N(C)Cc1ccc2c(c1)OCCO2.I. The molecule has 1 aromatic rings. The lowest BCUT2D eigenvalue weighted by molar-refractivity contribution is 0.153. The van der Waals surface area contributed by atoms with Crippen molar-refractivity contribution in [3.8, 4) is 11.5 Å². The molecule has 0 saturated heterocycles. The largest absolute Gasteiger partial charge is 0.486 e. The average Bonchev–Trinajstić information content (AvgIpc) is 2.68. The summed E-state index contributed by atoms with van der Waals surface area (Å²) in [6, 6.07) is 6.13. The first kappa shape index (κ1) is 21.8. The van der Waals surface area contributed by atoms with E-state index in [1.165, 1.54) is 11.1 Å². The average molecular weight is 487 g/mol. The summed E-state index contributed by atoms with van der Waals surface area (Å²) in [6.07, 6.45) is 4.21. The van der Waals surface area contributed by atoms with Crippen molar-refractivity contribution in [1.82, 2.24) is 10.2 Å². The minimum atomic E-state index is 0. The predicted molar refractivity (Wildman–Crippen MR) is 118 cm³/mol. The van der Waals surface area contributed by atoms with Crippen molar-refractivity contribution in [3.05, 3.63) is 35.4 Å². The number of rotatable bonds is 6. The Morgan fingerprint density at radius 1 is 1.19 bits per heavy atom. The molecule has 27 heavy (non-hydrogen) atoms. The first-order valence-electron chi connectivity index (χ1n) is 9.40. The van der Waals surface area contributed by atoms with E-state index in [4.69, 9.17) is 19.2 Å². The Morgan fingerprint density at radius 2 is 2.00 bits per heavy atom.